The summed E-state index contributed by atoms with van der Waals surface area (Å²) in [7, 11) is 0. The zero-order valence-corrected chi connectivity index (χ0v) is 8.61. The van der Waals surface area contributed by atoms with Gasteiger partial charge in [-0.2, -0.15) is 5.26 Å². The molecule has 1 atom stereocenters. The maximum Gasteiger partial charge on any atom is 0.358 e. The molecule has 1 N–H and O–H groups in total. The molecular weight excluding hydrogens is 213 g/mol. The van der Waals surface area contributed by atoms with E-state index in [1.165, 1.54) is 6.07 Å². The zero-order chi connectivity index (χ0) is 12.2. The summed E-state index contributed by atoms with van der Waals surface area (Å²) < 4.78 is 17.2. The molecule has 16 heavy (non-hydrogen) atoms. The van der Waals surface area contributed by atoms with Gasteiger partial charge in [0.1, 0.15) is 11.9 Å². The number of rotatable bonds is 3. The summed E-state index contributed by atoms with van der Waals surface area (Å²) in [6.07, 6.45) is 0. The maximum atomic E-state index is 12.6. The number of ether oxygens (including phenoxy) is 1. The van der Waals surface area contributed by atoms with Crippen LogP contribution in [0.5, 0.6) is 0 Å². The number of carbonyl (C=O) groups is 1. The topological polar surface area (TPSA) is 70.3 Å². The van der Waals surface area contributed by atoms with Crippen molar-refractivity contribution >= 4 is 5.97 Å². The Morgan fingerprint density at radius 1 is 1.56 bits per heavy atom. The molecule has 0 bridgehead atoms. The third-order valence-electron chi connectivity index (χ3n) is 1.99. The fourth-order valence-electron chi connectivity index (χ4n) is 1.15. The summed E-state index contributed by atoms with van der Waals surface area (Å²) in [5, 5.41) is 18.6. The van der Waals surface area contributed by atoms with Crippen molar-refractivity contribution in [3.8, 4) is 6.07 Å². The van der Waals surface area contributed by atoms with Crippen LogP contribution in [-0.4, -0.2) is 17.7 Å². The molecule has 0 saturated heterocycles. The number of nitriles is 1. The number of benzene rings is 1. The van der Waals surface area contributed by atoms with Gasteiger partial charge in [-0.1, -0.05) is 12.1 Å². The number of nitrogens with zero attached hydrogens (tertiary/aromatic N) is 1. The predicted molar refractivity (Wildman–Crippen MR) is 52.5 cm³/mol. The minimum Gasteiger partial charge on any atom is -0.463 e. The average molecular weight is 223 g/mol. The monoisotopic (exact) mass is 223 g/mol. The van der Waals surface area contributed by atoms with Crippen LogP contribution in [0.3, 0.4) is 0 Å². The van der Waals surface area contributed by atoms with Crippen molar-refractivity contribution in [3.63, 3.8) is 0 Å². The fraction of sp³-hybridized carbons (Fsp3) is 0.273. The van der Waals surface area contributed by atoms with E-state index in [9.17, 15) is 14.3 Å². The van der Waals surface area contributed by atoms with Crippen LogP contribution in [0.15, 0.2) is 24.3 Å². The van der Waals surface area contributed by atoms with Gasteiger partial charge in [0.15, 0.2) is 0 Å². The smallest absolute Gasteiger partial charge is 0.358 e. The molecular formula is C11H10FNO3. The van der Waals surface area contributed by atoms with Gasteiger partial charge in [0.05, 0.1) is 6.61 Å². The normalized spacial score (nSPS) is 13.6. The van der Waals surface area contributed by atoms with Gasteiger partial charge in [0, 0.05) is 5.56 Å². The number of carbonyl (C=O) groups excluding carboxylic acids is 1. The first-order valence-electron chi connectivity index (χ1n) is 4.61. The van der Waals surface area contributed by atoms with E-state index in [2.05, 4.69) is 4.74 Å². The first-order valence-corrected chi connectivity index (χ1v) is 4.61. The number of halogens is 1. The molecule has 1 aromatic carbocycles. The second-order valence-corrected chi connectivity index (χ2v) is 3.05. The highest BCUT2D eigenvalue weighted by molar-refractivity contribution is 5.84. The van der Waals surface area contributed by atoms with E-state index in [4.69, 9.17) is 5.26 Å². The van der Waals surface area contributed by atoms with E-state index < -0.39 is 17.4 Å². The molecule has 0 aliphatic heterocycles. The molecule has 5 heteroatoms. The van der Waals surface area contributed by atoms with Gasteiger partial charge in [-0.25, -0.2) is 9.18 Å². The summed E-state index contributed by atoms with van der Waals surface area (Å²) in [4.78, 5) is 11.4. The molecule has 1 rings (SSSR count). The Kier molecular flexibility index (Phi) is 3.59. The molecule has 0 aliphatic carbocycles. The van der Waals surface area contributed by atoms with Crippen LogP contribution in [0.25, 0.3) is 0 Å². The lowest BCUT2D eigenvalue weighted by Gasteiger charge is -2.18. The third-order valence-corrected chi connectivity index (χ3v) is 1.99. The van der Waals surface area contributed by atoms with Crippen LogP contribution in [0.1, 0.15) is 12.5 Å². The molecule has 0 amide bonds. The van der Waals surface area contributed by atoms with Crippen molar-refractivity contribution in [1.82, 2.24) is 0 Å². The average Bonchev–Trinajstić information content (AvgIpc) is 2.29. The maximum absolute atomic E-state index is 12.6. The Hall–Kier alpha value is -1.93. The minimum absolute atomic E-state index is 0.0187. The first kappa shape index (κ1) is 12.1. The van der Waals surface area contributed by atoms with Gasteiger partial charge in [0.25, 0.3) is 5.60 Å². The molecule has 1 aromatic rings. The highest BCUT2D eigenvalue weighted by atomic mass is 19.1. The van der Waals surface area contributed by atoms with Crippen LogP contribution in [-0.2, 0) is 15.1 Å². The number of hydrogen-bond acceptors (Lipinski definition) is 4. The first-order chi connectivity index (χ1) is 7.54. The molecule has 0 radical (unpaired) electrons. The Morgan fingerprint density at radius 2 is 2.12 bits per heavy atom. The van der Waals surface area contributed by atoms with Gasteiger partial charge < -0.3 is 9.84 Å². The highest BCUT2D eigenvalue weighted by Gasteiger charge is 2.40. The summed E-state index contributed by atoms with van der Waals surface area (Å²) in [6.45, 7) is 1.60. The van der Waals surface area contributed by atoms with Crippen LogP contribution < -0.4 is 0 Å². The van der Waals surface area contributed by atoms with Crippen molar-refractivity contribution in [2.75, 3.05) is 6.61 Å². The predicted octanol–water partition coefficient (Wildman–Crippen LogP) is 1.10. The second-order valence-electron chi connectivity index (χ2n) is 3.05. The third kappa shape index (κ3) is 2.18. The molecule has 4 nitrogen and oxygen atoms in total. The lowest BCUT2D eigenvalue weighted by molar-refractivity contribution is -0.160. The van der Waals surface area contributed by atoms with Gasteiger partial charge in [-0.15, -0.1) is 0 Å². The molecule has 0 aliphatic rings. The Morgan fingerprint density at radius 3 is 2.56 bits per heavy atom. The van der Waals surface area contributed by atoms with Crippen LogP contribution in [0, 0.1) is 17.1 Å². The molecule has 0 unspecified atom stereocenters. The van der Waals surface area contributed by atoms with Crippen LogP contribution >= 0.6 is 0 Å². The van der Waals surface area contributed by atoms with Gasteiger partial charge >= 0.3 is 5.97 Å². The van der Waals surface area contributed by atoms with Crippen molar-refractivity contribution in [3.05, 3.63) is 35.6 Å². The number of esters is 1. The van der Waals surface area contributed by atoms with E-state index in [0.717, 1.165) is 24.3 Å². The Balaban J connectivity index is 3.10. The number of hydrogen-bond donors (Lipinski definition) is 1. The van der Waals surface area contributed by atoms with E-state index in [1.54, 1.807) is 6.92 Å². The standard InChI is InChI=1S/C11H10FNO3/c1-2-16-10(14)11(15,7-13)8-3-5-9(12)6-4-8/h3-6,15H,2H2,1H3/t11-/m0/s1. The summed E-state index contributed by atoms with van der Waals surface area (Å²) in [5.74, 6) is -1.59. The molecule has 0 saturated carbocycles. The van der Waals surface area contributed by atoms with E-state index in [-0.39, 0.29) is 12.2 Å². The van der Waals surface area contributed by atoms with Crippen LogP contribution in [0.4, 0.5) is 4.39 Å². The lowest BCUT2D eigenvalue weighted by Crippen LogP contribution is -2.35. The molecule has 0 spiro atoms. The Bertz CT molecular complexity index is 424. The van der Waals surface area contributed by atoms with Crippen LogP contribution in [0.2, 0.25) is 0 Å². The molecule has 0 aromatic heterocycles. The van der Waals surface area contributed by atoms with Crippen molar-refractivity contribution in [2.45, 2.75) is 12.5 Å². The zero-order valence-electron chi connectivity index (χ0n) is 8.61. The van der Waals surface area contributed by atoms with Gasteiger partial charge in [0.2, 0.25) is 0 Å². The van der Waals surface area contributed by atoms with Crippen molar-refractivity contribution < 1.29 is 19.0 Å². The highest BCUT2D eigenvalue weighted by Crippen LogP contribution is 2.22. The van der Waals surface area contributed by atoms with E-state index >= 15 is 0 Å². The van der Waals surface area contributed by atoms with Gasteiger partial charge in [-0.3, -0.25) is 0 Å². The summed E-state index contributed by atoms with van der Waals surface area (Å²) >= 11 is 0. The largest absolute Gasteiger partial charge is 0.463 e. The summed E-state index contributed by atoms with van der Waals surface area (Å²) in [5.41, 5.74) is -2.40. The lowest BCUT2D eigenvalue weighted by atomic mass is 9.95. The number of aliphatic hydroxyl groups is 1. The van der Waals surface area contributed by atoms with E-state index in [1.807, 2.05) is 0 Å². The fourth-order valence-corrected chi connectivity index (χ4v) is 1.15. The van der Waals surface area contributed by atoms with E-state index in [0.29, 0.717) is 0 Å². The SMILES string of the molecule is CCOC(=O)[C@](O)(C#N)c1ccc(F)cc1. The quantitative estimate of drug-likeness (QED) is 0.615. The second kappa shape index (κ2) is 4.73. The van der Waals surface area contributed by atoms with Crippen molar-refractivity contribution in [2.24, 2.45) is 0 Å². The Labute approximate surface area is 91.9 Å². The minimum atomic E-state index is -2.39. The summed E-state index contributed by atoms with van der Waals surface area (Å²) in [6, 6.07) is 5.89. The molecule has 84 valence electrons. The van der Waals surface area contributed by atoms with Gasteiger partial charge in [-0.05, 0) is 19.1 Å². The molecule has 0 heterocycles. The molecule has 0 fully saturated rings. The van der Waals surface area contributed by atoms with Crippen molar-refractivity contribution in [1.29, 1.82) is 5.26 Å².